The van der Waals surface area contributed by atoms with Gasteiger partial charge in [0.05, 0.1) is 17.2 Å². The molecular formula is C14H18FN3OS. The molecule has 2 rings (SSSR count). The van der Waals surface area contributed by atoms with Gasteiger partial charge in [0.25, 0.3) is 5.91 Å². The van der Waals surface area contributed by atoms with Gasteiger partial charge in [0, 0.05) is 0 Å². The average molecular weight is 295 g/mol. The second-order valence-corrected chi connectivity index (χ2v) is 5.58. The predicted octanol–water partition coefficient (Wildman–Crippen LogP) is 2.19. The van der Waals surface area contributed by atoms with E-state index in [2.05, 4.69) is 10.3 Å². The number of halogens is 1. The van der Waals surface area contributed by atoms with E-state index in [1.54, 1.807) is 0 Å². The smallest absolute Gasteiger partial charge is 0.270 e. The van der Waals surface area contributed by atoms with Gasteiger partial charge in [-0.1, -0.05) is 31.5 Å². The van der Waals surface area contributed by atoms with Crippen molar-refractivity contribution in [1.82, 2.24) is 10.3 Å². The van der Waals surface area contributed by atoms with E-state index in [-0.39, 0.29) is 23.6 Å². The van der Waals surface area contributed by atoms with Crippen LogP contribution in [0.1, 0.15) is 42.6 Å². The molecule has 0 aromatic carbocycles. The van der Waals surface area contributed by atoms with Gasteiger partial charge >= 0.3 is 0 Å². The number of carbonyl (C=O) groups is 1. The molecule has 1 fully saturated rings. The number of pyridine rings is 1. The summed E-state index contributed by atoms with van der Waals surface area (Å²) in [6.45, 7) is 0. The summed E-state index contributed by atoms with van der Waals surface area (Å²) in [7, 11) is 0. The van der Waals surface area contributed by atoms with Gasteiger partial charge in [0.15, 0.2) is 0 Å². The van der Waals surface area contributed by atoms with Crippen LogP contribution in [0, 0.1) is 11.7 Å². The van der Waals surface area contributed by atoms with Crippen LogP contribution in [0.5, 0.6) is 0 Å². The van der Waals surface area contributed by atoms with E-state index in [9.17, 15) is 9.18 Å². The zero-order valence-corrected chi connectivity index (χ0v) is 12.0. The van der Waals surface area contributed by atoms with Crippen LogP contribution >= 0.6 is 12.2 Å². The Labute approximate surface area is 123 Å². The quantitative estimate of drug-likeness (QED) is 0.836. The fourth-order valence-electron chi connectivity index (χ4n) is 2.61. The topological polar surface area (TPSA) is 68.0 Å². The van der Waals surface area contributed by atoms with Gasteiger partial charge in [-0.25, -0.2) is 9.37 Å². The summed E-state index contributed by atoms with van der Waals surface area (Å²) in [5.41, 5.74) is 5.92. The van der Waals surface area contributed by atoms with Crippen molar-refractivity contribution in [3.05, 3.63) is 29.8 Å². The molecule has 1 heterocycles. The Bertz CT molecular complexity index is 486. The average Bonchev–Trinajstić information content (AvgIpc) is 2.46. The van der Waals surface area contributed by atoms with Crippen LogP contribution in [-0.2, 0) is 0 Å². The molecule has 0 spiro atoms. The van der Waals surface area contributed by atoms with Gasteiger partial charge in [-0.2, -0.15) is 0 Å². The lowest BCUT2D eigenvalue weighted by atomic mass is 9.84. The number of rotatable bonds is 4. The van der Waals surface area contributed by atoms with Crippen molar-refractivity contribution in [2.45, 2.75) is 38.1 Å². The first-order valence-electron chi connectivity index (χ1n) is 6.79. The minimum Gasteiger partial charge on any atom is -0.392 e. The normalized spacial score (nSPS) is 17.4. The minimum atomic E-state index is -0.472. The van der Waals surface area contributed by atoms with Crippen LogP contribution < -0.4 is 11.1 Å². The van der Waals surface area contributed by atoms with E-state index in [0.29, 0.717) is 4.99 Å². The third-order valence-electron chi connectivity index (χ3n) is 3.67. The van der Waals surface area contributed by atoms with Crippen LogP contribution in [0.2, 0.25) is 0 Å². The number of hydrogen-bond acceptors (Lipinski definition) is 3. The van der Waals surface area contributed by atoms with Crippen molar-refractivity contribution < 1.29 is 9.18 Å². The first-order chi connectivity index (χ1) is 9.58. The third-order valence-corrected chi connectivity index (χ3v) is 3.93. The highest BCUT2D eigenvalue weighted by Crippen LogP contribution is 2.26. The highest BCUT2D eigenvalue weighted by atomic mass is 32.1. The molecule has 108 valence electrons. The molecule has 6 heteroatoms. The van der Waals surface area contributed by atoms with E-state index in [1.807, 2.05) is 0 Å². The molecule has 1 atom stereocenters. The number of aromatic nitrogens is 1. The molecule has 1 amide bonds. The zero-order chi connectivity index (χ0) is 14.5. The fourth-order valence-corrected chi connectivity index (χ4v) is 2.87. The van der Waals surface area contributed by atoms with E-state index >= 15 is 0 Å². The van der Waals surface area contributed by atoms with Gasteiger partial charge in [-0.3, -0.25) is 4.79 Å². The zero-order valence-electron chi connectivity index (χ0n) is 11.1. The molecule has 4 nitrogen and oxygen atoms in total. The van der Waals surface area contributed by atoms with Gasteiger partial charge in [0.2, 0.25) is 0 Å². The Morgan fingerprint density at radius 2 is 2.10 bits per heavy atom. The maximum Gasteiger partial charge on any atom is 0.270 e. The molecule has 3 N–H and O–H groups in total. The molecule has 0 saturated heterocycles. The summed E-state index contributed by atoms with van der Waals surface area (Å²) in [4.78, 5) is 16.2. The Hall–Kier alpha value is -1.56. The molecule has 1 aromatic heterocycles. The number of nitrogens with two attached hydrogens (primary N) is 1. The lowest BCUT2D eigenvalue weighted by Gasteiger charge is -2.30. The number of carbonyl (C=O) groups excluding carboxylic acids is 1. The van der Waals surface area contributed by atoms with Crippen LogP contribution in [0.4, 0.5) is 4.39 Å². The molecule has 0 radical (unpaired) electrons. The Balaban J connectivity index is 2.05. The van der Waals surface area contributed by atoms with Crippen molar-refractivity contribution in [2.24, 2.45) is 11.7 Å². The first kappa shape index (κ1) is 14.8. The van der Waals surface area contributed by atoms with Crippen molar-refractivity contribution >= 4 is 23.1 Å². The Morgan fingerprint density at radius 1 is 1.40 bits per heavy atom. The van der Waals surface area contributed by atoms with E-state index < -0.39 is 5.82 Å². The van der Waals surface area contributed by atoms with Crippen LogP contribution in [0.3, 0.4) is 0 Å². The minimum absolute atomic E-state index is 0.170. The van der Waals surface area contributed by atoms with E-state index in [4.69, 9.17) is 18.0 Å². The maximum absolute atomic E-state index is 12.8. The van der Waals surface area contributed by atoms with Crippen molar-refractivity contribution in [3.63, 3.8) is 0 Å². The summed E-state index contributed by atoms with van der Waals surface area (Å²) in [6.07, 6.45) is 6.53. The number of amides is 1. The number of hydrogen-bond donors (Lipinski definition) is 2. The van der Waals surface area contributed by atoms with Crippen molar-refractivity contribution in [3.8, 4) is 0 Å². The SMILES string of the molecule is NC(=S)C(NC(=O)c1ccc(F)cn1)C1CCCCC1. The largest absolute Gasteiger partial charge is 0.392 e. The molecule has 0 aliphatic heterocycles. The van der Waals surface area contributed by atoms with E-state index in [0.717, 1.165) is 31.9 Å². The summed E-state index contributed by atoms with van der Waals surface area (Å²) in [5.74, 6) is -0.557. The number of nitrogens with one attached hydrogen (secondary N) is 1. The first-order valence-corrected chi connectivity index (χ1v) is 7.20. The van der Waals surface area contributed by atoms with Crippen LogP contribution in [-0.4, -0.2) is 21.9 Å². The number of thiocarbonyl (C=S) groups is 1. The molecule has 1 aliphatic carbocycles. The van der Waals surface area contributed by atoms with Gasteiger partial charge in [-0.05, 0) is 30.9 Å². The third kappa shape index (κ3) is 3.72. The predicted molar refractivity (Wildman–Crippen MR) is 78.8 cm³/mol. The molecule has 1 aromatic rings. The summed E-state index contributed by atoms with van der Waals surface area (Å²) in [6, 6.07) is 2.24. The lowest BCUT2D eigenvalue weighted by molar-refractivity contribution is 0.0926. The van der Waals surface area contributed by atoms with Crippen molar-refractivity contribution in [1.29, 1.82) is 0 Å². The summed E-state index contributed by atoms with van der Waals surface area (Å²) in [5, 5.41) is 2.83. The number of nitrogens with zero attached hydrogens (tertiary/aromatic N) is 1. The summed E-state index contributed by atoms with van der Waals surface area (Å²) < 4.78 is 12.8. The lowest BCUT2D eigenvalue weighted by Crippen LogP contribution is -2.49. The highest BCUT2D eigenvalue weighted by Gasteiger charge is 2.27. The highest BCUT2D eigenvalue weighted by molar-refractivity contribution is 7.80. The molecule has 1 aliphatic rings. The van der Waals surface area contributed by atoms with E-state index in [1.165, 1.54) is 18.6 Å². The van der Waals surface area contributed by atoms with Crippen molar-refractivity contribution in [2.75, 3.05) is 0 Å². The van der Waals surface area contributed by atoms with Crippen LogP contribution in [0.15, 0.2) is 18.3 Å². The molecule has 0 bridgehead atoms. The Morgan fingerprint density at radius 3 is 2.65 bits per heavy atom. The van der Waals surface area contributed by atoms with Crippen LogP contribution in [0.25, 0.3) is 0 Å². The molecule has 20 heavy (non-hydrogen) atoms. The monoisotopic (exact) mass is 295 g/mol. The second kappa shape index (κ2) is 6.74. The fraction of sp³-hybridized carbons (Fsp3) is 0.500. The molecule has 1 saturated carbocycles. The second-order valence-electron chi connectivity index (χ2n) is 5.11. The molecular weight excluding hydrogens is 277 g/mol. The molecule has 1 unspecified atom stereocenters. The maximum atomic E-state index is 12.8. The standard InChI is InChI=1S/C14H18FN3OS/c15-10-6-7-11(17-8-10)14(19)18-12(13(16)20)9-4-2-1-3-5-9/h6-9,12H,1-5H2,(H2,16,20)(H,18,19). The summed E-state index contributed by atoms with van der Waals surface area (Å²) >= 11 is 5.07. The van der Waals surface area contributed by atoms with Gasteiger partial charge in [-0.15, -0.1) is 0 Å². The van der Waals surface area contributed by atoms with Gasteiger partial charge < -0.3 is 11.1 Å². The van der Waals surface area contributed by atoms with Gasteiger partial charge in [0.1, 0.15) is 11.5 Å². The Kier molecular flexibility index (Phi) is 5.00.